The number of nitrogens with one attached hydrogen (secondary N) is 3. The summed E-state index contributed by atoms with van der Waals surface area (Å²) in [6.07, 6.45) is -0.787. The molecule has 0 saturated carbocycles. The van der Waals surface area contributed by atoms with Crippen molar-refractivity contribution >= 4 is 41.1 Å². The van der Waals surface area contributed by atoms with Crippen molar-refractivity contribution in [3.05, 3.63) is 33.8 Å². The van der Waals surface area contributed by atoms with E-state index < -0.39 is 12.0 Å². The first-order valence-electron chi connectivity index (χ1n) is 7.86. The normalized spacial score (nSPS) is 11.5. The van der Waals surface area contributed by atoms with Crippen LogP contribution in [-0.4, -0.2) is 44.1 Å². The molecule has 0 aliphatic heterocycles. The van der Waals surface area contributed by atoms with Crippen LogP contribution in [0.15, 0.2) is 18.2 Å². The fourth-order valence-corrected chi connectivity index (χ4v) is 2.49. The molecule has 0 radical (unpaired) electrons. The van der Waals surface area contributed by atoms with Crippen LogP contribution in [0.25, 0.3) is 0 Å². The molecule has 1 atom stereocenters. The van der Waals surface area contributed by atoms with E-state index in [1.165, 1.54) is 0 Å². The Morgan fingerprint density at radius 1 is 1.12 bits per heavy atom. The zero-order valence-corrected chi connectivity index (χ0v) is 15.7. The van der Waals surface area contributed by atoms with Gasteiger partial charge in [-0.3, -0.25) is 14.9 Å². The molecule has 3 amide bonds. The van der Waals surface area contributed by atoms with Gasteiger partial charge < -0.3 is 15.0 Å². The smallest absolute Gasteiger partial charge is 0.414 e. The lowest BCUT2D eigenvalue weighted by atomic mass is 10.2. The Morgan fingerprint density at radius 3 is 2.40 bits per heavy atom. The number of hydrogen-bond acceptors (Lipinski definition) is 4. The number of halogens is 2. The fraction of sp³-hybridized carbons (Fsp3) is 0.438. The Balaban J connectivity index is 2.44. The van der Waals surface area contributed by atoms with Gasteiger partial charge in [0.25, 0.3) is 11.8 Å². The molecule has 1 unspecified atom stereocenters. The first-order valence-corrected chi connectivity index (χ1v) is 8.62. The standard InChI is InChI=1S/C16H21Cl2N3O4/c1-3-21(10-15(23)20-16(24)25-4-2)9-14(22)19-8-11-5-6-12(17)7-13(11)18/h5-7H,3-4,8-10H2,1-2H3,(H,19,22)(H,20,23,24)/p+1. The van der Waals surface area contributed by atoms with Crippen molar-refractivity contribution in [3.8, 4) is 0 Å². The molecule has 0 saturated heterocycles. The Morgan fingerprint density at radius 2 is 1.80 bits per heavy atom. The van der Waals surface area contributed by atoms with Gasteiger partial charge in [-0.15, -0.1) is 0 Å². The summed E-state index contributed by atoms with van der Waals surface area (Å²) in [6.45, 7) is 4.56. The zero-order chi connectivity index (χ0) is 18.8. The van der Waals surface area contributed by atoms with Gasteiger partial charge in [-0.05, 0) is 31.5 Å². The third-order valence-electron chi connectivity index (χ3n) is 3.33. The molecule has 9 heteroatoms. The zero-order valence-electron chi connectivity index (χ0n) is 14.2. The molecule has 138 valence electrons. The number of imide groups is 1. The van der Waals surface area contributed by atoms with Crippen LogP contribution < -0.4 is 15.5 Å². The predicted molar refractivity (Wildman–Crippen MR) is 94.7 cm³/mol. The molecule has 0 spiro atoms. The van der Waals surface area contributed by atoms with Crippen molar-refractivity contribution in [1.29, 1.82) is 0 Å². The van der Waals surface area contributed by atoms with E-state index >= 15 is 0 Å². The largest absolute Gasteiger partial charge is 0.450 e. The first-order chi connectivity index (χ1) is 11.8. The molecular weight excluding hydrogens is 369 g/mol. The maximum absolute atomic E-state index is 12.0. The van der Waals surface area contributed by atoms with Gasteiger partial charge in [-0.2, -0.15) is 0 Å². The number of quaternary nitrogens is 1. The molecule has 1 rings (SSSR count). The number of hydrogen-bond donors (Lipinski definition) is 3. The van der Waals surface area contributed by atoms with Crippen molar-refractivity contribution in [2.24, 2.45) is 0 Å². The van der Waals surface area contributed by atoms with Crippen LogP contribution in [-0.2, 0) is 20.9 Å². The number of rotatable bonds is 8. The van der Waals surface area contributed by atoms with Gasteiger partial charge in [-0.1, -0.05) is 29.3 Å². The van der Waals surface area contributed by atoms with Crippen LogP contribution in [0.5, 0.6) is 0 Å². The molecule has 25 heavy (non-hydrogen) atoms. The summed E-state index contributed by atoms with van der Waals surface area (Å²) in [5.41, 5.74) is 0.748. The minimum Gasteiger partial charge on any atom is -0.450 e. The highest BCUT2D eigenvalue weighted by Crippen LogP contribution is 2.20. The summed E-state index contributed by atoms with van der Waals surface area (Å²) < 4.78 is 4.63. The molecule has 7 nitrogen and oxygen atoms in total. The number of likely N-dealkylation sites (N-methyl/N-ethyl adjacent to an activating group) is 1. The Bertz CT molecular complexity index is 625. The summed E-state index contributed by atoms with van der Waals surface area (Å²) in [5.74, 6) is -0.726. The summed E-state index contributed by atoms with van der Waals surface area (Å²) in [7, 11) is 0. The van der Waals surface area contributed by atoms with E-state index in [0.29, 0.717) is 21.5 Å². The van der Waals surface area contributed by atoms with Gasteiger partial charge >= 0.3 is 6.09 Å². The molecule has 1 aromatic carbocycles. The topological polar surface area (TPSA) is 88.9 Å². The van der Waals surface area contributed by atoms with Gasteiger partial charge in [0.1, 0.15) is 0 Å². The van der Waals surface area contributed by atoms with E-state index in [1.54, 1.807) is 25.1 Å². The molecule has 3 N–H and O–H groups in total. The lowest BCUT2D eigenvalue weighted by molar-refractivity contribution is -0.881. The maximum atomic E-state index is 12.0. The van der Waals surface area contributed by atoms with Crippen molar-refractivity contribution < 1.29 is 24.0 Å². The average molecular weight is 391 g/mol. The van der Waals surface area contributed by atoms with Crippen LogP contribution in [0.4, 0.5) is 4.79 Å². The van der Waals surface area contributed by atoms with Crippen LogP contribution in [0.3, 0.4) is 0 Å². The van der Waals surface area contributed by atoms with E-state index in [4.69, 9.17) is 23.2 Å². The SMILES string of the molecule is CCOC(=O)NC(=O)C[NH+](CC)CC(=O)NCc1ccc(Cl)cc1Cl. The summed E-state index contributed by atoms with van der Waals surface area (Å²) in [6, 6.07) is 5.04. The van der Waals surface area contributed by atoms with Crippen molar-refractivity contribution in [2.45, 2.75) is 20.4 Å². The molecule has 0 aliphatic carbocycles. The average Bonchev–Trinajstić information content (AvgIpc) is 2.53. The van der Waals surface area contributed by atoms with Crippen LogP contribution in [0.1, 0.15) is 19.4 Å². The molecular formula is C16H22Cl2N3O4+. The minimum atomic E-state index is -0.787. The third kappa shape index (κ3) is 8.20. The number of carbonyl (C=O) groups excluding carboxylic acids is 3. The second-order valence-corrected chi connectivity index (χ2v) is 6.08. The lowest BCUT2D eigenvalue weighted by Gasteiger charge is -2.16. The Kier molecular flexibility index (Phi) is 9.26. The highest BCUT2D eigenvalue weighted by Gasteiger charge is 2.18. The predicted octanol–water partition coefficient (Wildman–Crippen LogP) is 0.787. The molecule has 1 aromatic rings. The van der Waals surface area contributed by atoms with E-state index in [0.717, 1.165) is 5.56 Å². The monoisotopic (exact) mass is 390 g/mol. The number of ether oxygens (including phenoxy) is 1. The molecule has 0 aromatic heterocycles. The minimum absolute atomic E-state index is 0.00949. The van der Waals surface area contributed by atoms with Gasteiger partial charge in [0.2, 0.25) is 0 Å². The molecule has 0 bridgehead atoms. The van der Waals surface area contributed by atoms with Gasteiger partial charge in [0, 0.05) is 16.6 Å². The van der Waals surface area contributed by atoms with E-state index in [-0.39, 0.29) is 32.1 Å². The quantitative estimate of drug-likeness (QED) is 0.611. The number of carbonyl (C=O) groups is 3. The van der Waals surface area contributed by atoms with E-state index in [9.17, 15) is 14.4 Å². The van der Waals surface area contributed by atoms with Crippen molar-refractivity contribution in [2.75, 3.05) is 26.2 Å². The second-order valence-electron chi connectivity index (χ2n) is 5.24. The van der Waals surface area contributed by atoms with Gasteiger partial charge in [-0.25, -0.2) is 4.79 Å². The molecule has 0 aliphatic rings. The van der Waals surface area contributed by atoms with Crippen molar-refractivity contribution in [3.63, 3.8) is 0 Å². The van der Waals surface area contributed by atoms with Crippen LogP contribution >= 0.6 is 23.2 Å². The Hall–Kier alpha value is -1.83. The maximum Gasteiger partial charge on any atom is 0.414 e. The van der Waals surface area contributed by atoms with Gasteiger partial charge in [0.15, 0.2) is 13.1 Å². The van der Waals surface area contributed by atoms with E-state index in [1.807, 2.05) is 6.92 Å². The Labute approximate surface area is 156 Å². The number of benzene rings is 1. The van der Waals surface area contributed by atoms with Gasteiger partial charge in [0.05, 0.1) is 13.2 Å². The molecule has 0 heterocycles. The third-order valence-corrected chi connectivity index (χ3v) is 3.92. The fourth-order valence-electron chi connectivity index (χ4n) is 2.01. The summed E-state index contributed by atoms with van der Waals surface area (Å²) >= 11 is 11.9. The highest BCUT2D eigenvalue weighted by molar-refractivity contribution is 6.35. The molecule has 0 fully saturated rings. The van der Waals surface area contributed by atoms with E-state index in [2.05, 4.69) is 15.4 Å². The van der Waals surface area contributed by atoms with Crippen molar-refractivity contribution in [1.82, 2.24) is 10.6 Å². The van der Waals surface area contributed by atoms with Crippen LogP contribution in [0.2, 0.25) is 10.0 Å². The summed E-state index contributed by atoms with van der Waals surface area (Å²) in [5, 5.41) is 5.85. The number of amides is 3. The highest BCUT2D eigenvalue weighted by atomic mass is 35.5. The lowest BCUT2D eigenvalue weighted by Crippen LogP contribution is -3.14. The first kappa shape index (κ1) is 21.2. The second kappa shape index (κ2) is 10.9. The summed E-state index contributed by atoms with van der Waals surface area (Å²) in [4.78, 5) is 35.7. The van der Waals surface area contributed by atoms with Crippen LogP contribution in [0, 0.1) is 0 Å². The number of alkyl carbamates (subject to hydrolysis) is 1.